The zero-order chi connectivity index (χ0) is 16.8. The highest BCUT2D eigenvalue weighted by atomic mass is 32.1. The first-order valence-electron chi connectivity index (χ1n) is 8.28. The third-order valence-electron chi connectivity index (χ3n) is 3.81. The summed E-state index contributed by atoms with van der Waals surface area (Å²) in [6, 6.07) is 7.91. The molecule has 0 aliphatic carbocycles. The number of aromatic nitrogens is 4. The van der Waals surface area contributed by atoms with Crippen molar-refractivity contribution in [3.63, 3.8) is 0 Å². The van der Waals surface area contributed by atoms with Gasteiger partial charge in [-0.3, -0.25) is 4.79 Å². The van der Waals surface area contributed by atoms with Crippen LogP contribution in [0.3, 0.4) is 0 Å². The van der Waals surface area contributed by atoms with Gasteiger partial charge in [0.25, 0.3) is 0 Å². The number of unbranched alkanes of at least 4 members (excludes halogenated alkanes) is 2. The Balaban J connectivity index is 1.51. The minimum Gasteiger partial charge on any atom is -0.330 e. The molecule has 1 N–H and O–H groups in total. The zero-order valence-corrected chi connectivity index (χ0v) is 14.6. The van der Waals surface area contributed by atoms with Gasteiger partial charge in [0, 0.05) is 19.4 Å². The van der Waals surface area contributed by atoms with Crippen molar-refractivity contribution in [2.24, 2.45) is 0 Å². The van der Waals surface area contributed by atoms with Crippen molar-refractivity contribution in [2.75, 3.05) is 5.32 Å². The first-order chi connectivity index (χ1) is 11.8. The van der Waals surface area contributed by atoms with Crippen LogP contribution in [0.5, 0.6) is 0 Å². The van der Waals surface area contributed by atoms with E-state index < -0.39 is 0 Å². The van der Waals surface area contributed by atoms with Crippen molar-refractivity contribution in [1.29, 1.82) is 0 Å². The number of para-hydroxylation sites is 2. The number of hydrogen-bond donors (Lipinski definition) is 1. The van der Waals surface area contributed by atoms with Crippen molar-refractivity contribution in [3.05, 3.63) is 35.6 Å². The SMILES string of the molecule is CCCCCc1nnc(NC(=O)CCn2cnc3ccccc32)s1. The van der Waals surface area contributed by atoms with Gasteiger partial charge in [-0.2, -0.15) is 0 Å². The Bertz CT molecular complexity index is 810. The average molecular weight is 343 g/mol. The molecule has 0 bridgehead atoms. The van der Waals surface area contributed by atoms with E-state index in [1.807, 2.05) is 28.8 Å². The molecule has 0 radical (unpaired) electrons. The Morgan fingerprint density at radius 3 is 3.00 bits per heavy atom. The number of anilines is 1. The van der Waals surface area contributed by atoms with Crippen LogP contribution in [0.4, 0.5) is 5.13 Å². The normalized spacial score (nSPS) is 11.0. The Morgan fingerprint density at radius 1 is 1.25 bits per heavy atom. The molecule has 3 rings (SSSR count). The average Bonchev–Trinajstić information content (AvgIpc) is 3.20. The molecule has 0 aliphatic rings. The van der Waals surface area contributed by atoms with E-state index in [9.17, 15) is 4.79 Å². The maximum absolute atomic E-state index is 12.1. The fraction of sp³-hybridized carbons (Fsp3) is 0.412. The predicted octanol–water partition coefficient (Wildman–Crippen LogP) is 3.65. The van der Waals surface area contributed by atoms with Gasteiger partial charge in [-0.1, -0.05) is 43.2 Å². The van der Waals surface area contributed by atoms with Gasteiger partial charge in [0.05, 0.1) is 17.4 Å². The number of imidazole rings is 1. The molecule has 0 unspecified atom stereocenters. The van der Waals surface area contributed by atoms with Crippen LogP contribution in [0.2, 0.25) is 0 Å². The van der Waals surface area contributed by atoms with E-state index in [0.29, 0.717) is 18.1 Å². The first-order valence-corrected chi connectivity index (χ1v) is 9.10. The van der Waals surface area contributed by atoms with Crippen LogP contribution in [-0.2, 0) is 17.8 Å². The molecule has 7 heteroatoms. The highest BCUT2D eigenvalue weighted by Crippen LogP contribution is 2.18. The van der Waals surface area contributed by atoms with Gasteiger partial charge in [-0.25, -0.2) is 4.98 Å². The maximum atomic E-state index is 12.1. The number of aryl methyl sites for hydroxylation is 2. The molecule has 0 fully saturated rings. The first kappa shape index (κ1) is 16.6. The summed E-state index contributed by atoms with van der Waals surface area (Å²) in [6.07, 6.45) is 6.58. The summed E-state index contributed by atoms with van der Waals surface area (Å²) in [4.78, 5) is 16.4. The fourth-order valence-corrected chi connectivity index (χ4v) is 3.32. The molecule has 2 aromatic heterocycles. The second-order valence-corrected chi connectivity index (χ2v) is 6.74. The lowest BCUT2D eigenvalue weighted by molar-refractivity contribution is -0.116. The minimum absolute atomic E-state index is 0.0518. The number of amides is 1. The molecule has 6 nitrogen and oxygen atoms in total. The summed E-state index contributed by atoms with van der Waals surface area (Å²) in [5.41, 5.74) is 1.98. The van der Waals surface area contributed by atoms with Gasteiger partial charge in [0.2, 0.25) is 11.0 Å². The molecular weight excluding hydrogens is 322 g/mol. The number of carbonyl (C=O) groups is 1. The van der Waals surface area contributed by atoms with Crippen LogP contribution in [0, 0.1) is 0 Å². The third-order valence-corrected chi connectivity index (χ3v) is 4.71. The summed E-state index contributed by atoms with van der Waals surface area (Å²) in [6.45, 7) is 2.77. The third kappa shape index (κ3) is 4.17. The molecule has 1 amide bonds. The van der Waals surface area contributed by atoms with Gasteiger partial charge >= 0.3 is 0 Å². The van der Waals surface area contributed by atoms with Gasteiger partial charge in [0.15, 0.2) is 0 Å². The van der Waals surface area contributed by atoms with Gasteiger partial charge in [-0.05, 0) is 18.6 Å². The predicted molar refractivity (Wildman–Crippen MR) is 96.1 cm³/mol. The van der Waals surface area contributed by atoms with Crippen LogP contribution in [0.15, 0.2) is 30.6 Å². The Morgan fingerprint density at radius 2 is 2.12 bits per heavy atom. The molecule has 2 heterocycles. The number of hydrogen-bond acceptors (Lipinski definition) is 5. The molecule has 0 saturated heterocycles. The number of rotatable bonds is 8. The molecule has 126 valence electrons. The minimum atomic E-state index is -0.0518. The largest absolute Gasteiger partial charge is 0.330 e. The van der Waals surface area contributed by atoms with E-state index in [-0.39, 0.29) is 5.91 Å². The highest BCUT2D eigenvalue weighted by Gasteiger charge is 2.09. The summed E-state index contributed by atoms with van der Waals surface area (Å²) >= 11 is 1.46. The lowest BCUT2D eigenvalue weighted by Crippen LogP contribution is -2.14. The lowest BCUT2D eigenvalue weighted by atomic mass is 10.2. The van der Waals surface area contributed by atoms with E-state index in [2.05, 4.69) is 27.4 Å². The van der Waals surface area contributed by atoms with Crippen LogP contribution in [0.25, 0.3) is 11.0 Å². The van der Waals surface area contributed by atoms with Crippen molar-refractivity contribution in [3.8, 4) is 0 Å². The number of benzene rings is 1. The van der Waals surface area contributed by atoms with Crippen LogP contribution >= 0.6 is 11.3 Å². The van der Waals surface area contributed by atoms with E-state index in [1.165, 1.54) is 24.2 Å². The van der Waals surface area contributed by atoms with E-state index in [4.69, 9.17) is 0 Å². The molecule has 0 atom stereocenters. The smallest absolute Gasteiger partial charge is 0.227 e. The van der Waals surface area contributed by atoms with Crippen molar-refractivity contribution >= 4 is 33.4 Å². The second-order valence-electron chi connectivity index (χ2n) is 5.68. The lowest BCUT2D eigenvalue weighted by Gasteiger charge is -2.04. The Labute approximate surface area is 144 Å². The number of carbonyl (C=O) groups excluding carboxylic acids is 1. The molecule has 1 aromatic carbocycles. The van der Waals surface area contributed by atoms with Gasteiger partial charge in [0.1, 0.15) is 5.01 Å². The molecule has 0 aliphatic heterocycles. The second kappa shape index (κ2) is 8.01. The number of fused-ring (bicyclic) bond motifs is 1. The summed E-state index contributed by atoms with van der Waals surface area (Å²) < 4.78 is 1.99. The van der Waals surface area contributed by atoms with E-state index in [1.54, 1.807) is 6.33 Å². The number of nitrogens with zero attached hydrogens (tertiary/aromatic N) is 4. The monoisotopic (exact) mass is 343 g/mol. The highest BCUT2D eigenvalue weighted by molar-refractivity contribution is 7.15. The summed E-state index contributed by atoms with van der Waals surface area (Å²) in [5, 5.41) is 12.6. The van der Waals surface area contributed by atoms with Crippen LogP contribution < -0.4 is 5.32 Å². The molecule has 3 aromatic rings. The van der Waals surface area contributed by atoms with E-state index >= 15 is 0 Å². The van der Waals surface area contributed by atoms with Crippen LogP contribution in [-0.4, -0.2) is 25.7 Å². The van der Waals surface area contributed by atoms with Gasteiger partial charge < -0.3 is 9.88 Å². The molecule has 0 saturated carbocycles. The van der Waals surface area contributed by atoms with Crippen LogP contribution in [0.1, 0.15) is 37.6 Å². The molecule has 24 heavy (non-hydrogen) atoms. The standard InChI is InChI=1S/C17H21N5OS/c1-2-3-4-9-16-20-21-17(24-16)19-15(23)10-11-22-12-18-13-7-5-6-8-14(13)22/h5-8,12H,2-4,9-11H2,1H3,(H,19,21,23). The van der Waals surface area contributed by atoms with Crippen molar-refractivity contribution in [2.45, 2.75) is 45.6 Å². The zero-order valence-electron chi connectivity index (χ0n) is 13.7. The van der Waals surface area contributed by atoms with Crippen molar-refractivity contribution in [1.82, 2.24) is 19.7 Å². The number of nitrogens with one attached hydrogen (secondary N) is 1. The maximum Gasteiger partial charge on any atom is 0.227 e. The van der Waals surface area contributed by atoms with Gasteiger partial charge in [-0.15, -0.1) is 10.2 Å². The molecular formula is C17H21N5OS. The Hall–Kier alpha value is -2.28. The topological polar surface area (TPSA) is 72.7 Å². The van der Waals surface area contributed by atoms with E-state index in [0.717, 1.165) is 28.9 Å². The Kier molecular flexibility index (Phi) is 5.53. The fourth-order valence-electron chi connectivity index (χ4n) is 2.52. The summed E-state index contributed by atoms with van der Waals surface area (Å²) in [5.74, 6) is -0.0518. The molecule has 0 spiro atoms. The summed E-state index contributed by atoms with van der Waals surface area (Å²) in [7, 11) is 0. The quantitative estimate of drug-likeness (QED) is 0.634. The van der Waals surface area contributed by atoms with Crippen molar-refractivity contribution < 1.29 is 4.79 Å².